The van der Waals surface area contributed by atoms with Crippen LogP contribution in [0.4, 0.5) is 0 Å². The van der Waals surface area contributed by atoms with E-state index in [0.29, 0.717) is 18.9 Å². The monoisotopic (exact) mass is 305 g/mol. The standard InChI is InChI=1S/C12H23N3O4S/c1-9(2)14-6-4-11(5-7-14)15(10(3)16)20(18,19)8-12(13)17/h9,11H,4-8H2,1-3H3,(H2,13,17). The van der Waals surface area contributed by atoms with Crippen molar-refractivity contribution in [3.63, 3.8) is 0 Å². The largest absolute Gasteiger partial charge is 0.369 e. The normalized spacial score (nSPS) is 18.2. The number of likely N-dealkylation sites (tertiary alicyclic amines) is 1. The van der Waals surface area contributed by atoms with E-state index in [1.54, 1.807) is 0 Å². The number of hydrogen-bond acceptors (Lipinski definition) is 5. The van der Waals surface area contributed by atoms with Crippen LogP contribution in [-0.2, 0) is 19.6 Å². The van der Waals surface area contributed by atoms with Gasteiger partial charge in [-0.2, -0.15) is 0 Å². The first-order chi connectivity index (χ1) is 9.15. The van der Waals surface area contributed by atoms with Gasteiger partial charge in [0.25, 0.3) is 0 Å². The Hall–Kier alpha value is -1.15. The molecule has 0 atom stereocenters. The van der Waals surface area contributed by atoms with Crippen molar-refractivity contribution in [1.82, 2.24) is 9.21 Å². The lowest BCUT2D eigenvalue weighted by Gasteiger charge is -2.38. The summed E-state index contributed by atoms with van der Waals surface area (Å²) in [6, 6.07) is 0.0100. The Morgan fingerprint density at radius 2 is 1.80 bits per heavy atom. The Morgan fingerprint density at radius 1 is 1.30 bits per heavy atom. The highest BCUT2D eigenvalue weighted by molar-refractivity contribution is 7.90. The number of sulfonamides is 1. The second-order valence-corrected chi connectivity index (χ2v) is 7.24. The lowest BCUT2D eigenvalue weighted by Crippen LogP contribution is -2.51. The van der Waals surface area contributed by atoms with Crippen LogP contribution in [0.1, 0.15) is 33.6 Å². The molecule has 116 valence electrons. The molecule has 20 heavy (non-hydrogen) atoms. The molecular weight excluding hydrogens is 282 g/mol. The average Bonchev–Trinajstić information content (AvgIpc) is 2.26. The fourth-order valence-corrected chi connectivity index (χ4v) is 4.12. The number of nitrogens with two attached hydrogens (primary N) is 1. The summed E-state index contributed by atoms with van der Waals surface area (Å²) in [7, 11) is -3.97. The average molecular weight is 305 g/mol. The van der Waals surface area contributed by atoms with E-state index in [1.807, 2.05) is 0 Å². The fourth-order valence-electron chi connectivity index (χ4n) is 2.57. The van der Waals surface area contributed by atoms with Crippen LogP contribution in [0.5, 0.6) is 0 Å². The predicted octanol–water partition coefficient (Wildman–Crippen LogP) is -0.477. The molecule has 1 rings (SSSR count). The molecule has 8 heteroatoms. The van der Waals surface area contributed by atoms with Crippen molar-refractivity contribution >= 4 is 21.8 Å². The molecule has 0 bridgehead atoms. The van der Waals surface area contributed by atoms with Gasteiger partial charge in [0, 0.05) is 26.1 Å². The topological polar surface area (TPSA) is 101 Å². The third kappa shape index (κ3) is 4.17. The highest BCUT2D eigenvalue weighted by Crippen LogP contribution is 2.21. The molecular formula is C12H23N3O4S. The van der Waals surface area contributed by atoms with Gasteiger partial charge in [0.2, 0.25) is 21.8 Å². The Morgan fingerprint density at radius 3 is 2.15 bits per heavy atom. The van der Waals surface area contributed by atoms with Gasteiger partial charge in [0.1, 0.15) is 5.75 Å². The molecule has 1 saturated heterocycles. The van der Waals surface area contributed by atoms with Gasteiger partial charge in [0.05, 0.1) is 6.04 Å². The molecule has 0 saturated carbocycles. The van der Waals surface area contributed by atoms with E-state index >= 15 is 0 Å². The molecule has 0 unspecified atom stereocenters. The summed E-state index contributed by atoms with van der Waals surface area (Å²) in [6.45, 7) is 6.82. The van der Waals surface area contributed by atoms with E-state index in [1.165, 1.54) is 6.92 Å². The van der Waals surface area contributed by atoms with Crippen LogP contribution in [0.15, 0.2) is 0 Å². The summed E-state index contributed by atoms with van der Waals surface area (Å²) >= 11 is 0. The summed E-state index contributed by atoms with van der Waals surface area (Å²) in [4.78, 5) is 24.8. The van der Waals surface area contributed by atoms with E-state index in [2.05, 4.69) is 18.7 Å². The van der Waals surface area contributed by atoms with Crippen molar-refractivity contribution in [3.05, 3.63) is 0 Å². The summed E-state index contributed by atoms with van der Waals surface area (Å²) in [5.74, 6) is -2.33. The van der Waals surface area contributed by atoms with Crippen LogP contribution >= 0.6 is 0 Å². The lowest BCUT2D eigenvalue weighted by atomic mass is 10.0. The number of rotatable bonds is 5. The molecule has 0 aromatic carbocycles. The van der Waals surface area contributed by atoms with Crippen LogP contribution < -0.4 is 5.73 Å². The molecule has 2 amide bonds. The molecule has 1 aliphatic rings. The van der Waals surface area contributed by atoms with E-state index in [4.69, 9.17) is 5.73 Å². The molecule has 0 aromatic heterocycles. The van der Waals surface area contributed by atoms with Crippen molar-refractivity contribution in [3.8, 4) is 0 Å². The predicted molar refractivity (Wildman–Crippen MR) is 75.2 cm³/mol. The number of primary amides is 1. The minimum atomic E-state index is -3.97. The molecule has 1 fully saturated rings. The van der Waals surface area contributed by atoms with Crippen molar-refractivity contribution in [2.24, 2.45) is 5.73 Å². The molecule has 1 aliphatic heterocycles. The van der Waals surface area contributed by atoms with Gasteiger partial charge < -0.3 is 10.6 Å². The van der Waals surface area contributed by atoms with Crippen LogP contribution in [-0.4, -0.2) is 60.4 Å². The Kier molecular flexibility index (Phi) is 5.52. The maximum absolute atomic E-state index is 12.1. The van der Waals surface area contributed by atoms with Gasteiger partial charge in [0.15, 0.2) is 0 Å². The quantitative estimate of drug-likeness (QED) is 0.739. The van der Waals surface area contributed by atoms with E-state index in [0.717, 1.165) is 17.4 Å². The number of carbonyl (C=O) groups is 2. The molecule has 0 aliphatic carbocycles. The molecule has 0 radical (unpaired) electrons. The number of piperidine rings is 1. The lowest BCUT2D eigenvalue weighted by molar-refractivity contribution is -0.126. The smallest absolute Gasteiger partial charge is 0.246 e. The second kappa shape index (κ2) is 6.53. The van der Waals surface area contributed by atoms with Crippen molar-refractivity contribution in [1.29, 1.82) is 0 Å². The van der Waals surface area contributed by atoms with Crippen molar-refractivity contribution in [2.75, 3.05) is 18.8 Å². The van der Waals surface area contributed by atoms with Crippen LogP contribution in [0, 0.1) is 0 Å². The zero-order chi connectivity index (χ0) is 15.5. The maximum atomic E-state index is 12.1. The van der Waals surface area contributed by atoms with Gasteiger partial charge in [-0.3, -0.25) is 9.59 Å². The number of hydrogen-bond donors (Lipinski definition) is 1. The van der Waals surface area contributed by atoms with E-state index in [9.17, 15) is 18.0 Å². The molecule has 0 spiro atoms. The molecule has 2 N–H and O–H groups in total. The fraction of sp³-hybridized carbons (Fsp3) is 0.833. The number of amides is 2. The molecule has 7 nitrogen and oxygen atoms in total. The summed E-state index contributed by atoms with van der Waals surface area (Å²) in [6.07, 6.45) is 1.16. The maximum Gasteiger partial charge on any atom is 0.246 e. The SMILES string of the molecule is CC(=O)N(C1CCN(C(C)C)CC1)S(=O)(=O)CC(N)=O. The van der Waals surface area contributed by atoms with E-state index in [-0.39, 0.29) is 6.04 Å². The summed E-state index contributed by atoms with van der Waals surface area (Å²) < 4.78 is 25.0. The van der Waals surface area contributed by atoms with Gasteiger partial charge in [-0.15, -0.1) is 0 Å². The summed E-state index contributed by atoms with van der Waals surface area (Å²) in [5, 5.41) is 0. The third-order valence-electron chi connectivity index (χ3n) is 3.50. The Labute approximate surface area is 120 Å². The Balaban J connectivity index is 2.84. The second-order valence-electron chi connectivity index (χ2n) is 5.40. The minimum absolute atomic E-state index is 0.383. The zero-order valence-electron chi connectivity index (χ0n) is 12.2. The van der Waals surface area contributed by atoms with Crippen molar-refractivity contribution in [2.45, 2.75) is 45.7 Å². The van der Waals surface area contributed by atoms with Gasteiger partial charge in [-0.1, -0.05) is 0 Å². The molecule has 1 heterocycles. The van der Waals surface area contributed by atoms with Gasteiger partial charge >= 0.3 is 0 Å². The third-order valence-corrected chi connectivity index (χ3v) is 5.30. The van der Waals surface area contributed by atoms with Gasteiger partial charge in [-0.05, 0) is 26.7 Å². The highest BCUT2D eigenvalue weighted by atomic mass is 32.2. The zero-order valence-corrected chi connectivity index (χ0v) is 13.0. The minimum Gasteiger partial charge on any atom is -0.369 e. The van der Waals surface area contributed by atoms with Crippen molar-refractivity contribution < 1.29 is 18.0 Å². The first-order valence-electron chi connectivity index (χ1n) is 6.70. The first-order valence-corrected chi connectivity index (χ1v) is 8.31. The van der Waals surface area contributed by atoms with Crippen LogP contribution in [0.3, 0.4) is 0 Å². The number of nitrogens with zero attached hydrogens (tertiary/aromatic N) is 2. The molecule has 0 aromatic rings. The van der Waals surface area contributed by atoms with Crippen LogP contribution in [0.2, 0.25) is 0 Å². The highest BCUT2D eigenvalue weighted by Gasteiger charge is 2.35. The summed E-state index contributed by atoms with van der Waals surface area (Å²) in [5.41, 5.74) is 4.94. The Bertz CT molecular complexity index is 467. The van der Waals surface area contributed by atoms with Crippen LogP contribution in [0.25, 0.3) is 0 Å². The number of carbonyl (C=O) groups excluding carboxylic acids is 2. The first kappa shape index (κ1) is 16.9. The van der Waals surface area contributed by atoms with E-state index < -0.39 is 27.6 Å². The van der Waals surface area contributed by atoms with Gasteiger partial charge in [-0.25, -0.2) is 12.7 Å².